The highest BCUT2D eigenvalue weighted by Crippen LogP contribution is 2.36. The first kappa shape index (κ1) is 25.4. The van der Waals surface area contributed by atoms with Crippen LogP contribution in [0, 0.1) is 6.92 Å². The number of imide groups is 1. The molecule has 0 spiro atoms. The summed E-state index contributed by atoms with van der Waals surface area (Å²) in [4.78, 5) is 53.9. The van der Waals surface area contributed by atoms with Gasteiger partial charge in [-0.25, -0.2) is 9.69 Å². The van der Waals surface area contributed by atoms with Gasteiger partial charge in [0.05, 0.1) is 32.4 Å². The molecule has 0 aliphatic carbocycles. The second kappa shape index (κ2) is 10.2. The number of hydrogen-bond acceptors (Lipinski definition) is 5. The number of halogens is 2. The maximum Gasteiger partial charge on any atom is 0.339 e. The number of rotatable bonds is 6. The molecule has 0 fully saturated rings. The van der Waals surface area contributed by atoms with Gasteiger partial charge in [-0.15, -0.1) is 0 Å². The number of anilines is 1. The highest BCUT2D eigenvalue weighted by molar-refractivity contribution is 6.44. The van der Waals surface area contributed by atoms with E-state index in [2.05, 4.69) is 0 Å². The van der Waals surface area contributed by atoms with Gasteiger partial charge in [0, 0.05) is 11.1 Å². The third-order valence-corrected chi connectivity index (χ3v) is 6.96. The van der Waals surface area contributed by atoms with E-state index in [0.29, 0.717) is 16.7 Å². The van der Waals surface area contributed by atoms with Crippen LogP contribution in [0.15, 0.2) is 91.0 Å². The van der Waals surface area contributed by atoms with Crippen molar-refractivity contribution in [2.45, 2.75) is 13.0 Å². The molecule has 4 aromatic rings. The average molecular weight is 544 g/mol. The van der Waals surface area contributed by atoms with Gasteiger partial charge in [-0.3, -0.25) is 14.4 Å². The zero-order valence-corrected chi connectivity index (χ0v) is 21.5. The number of esters is 1. The third-order valence-electron chi connectivity index (χ3n) is 6.24. The molecule has 1 aliphatic heterocycles. The van der Waals surface area contributed by atoms with Gasteiger partial charge in [-0.1, -0.05) is 89.9 Å². The third kappa shape index (κ3) is 4.60. The first-order valence-corrected chi connectivity index (χ1v) is 12.4. The van der Waals surface area contributed by atoms with Gasteiger partial charge in [0.15, 0.2) is 6.10 Å². The summed E-state index contributed by atoms with van der Waals surface area (Å²) >= 11 is 12.1. The van der Waals surface area contributed by atoms with E-state index in [1.54, 1.807) is 73.7 Å². The lowest BCUT2D eigenvalue weighted by atomic mass is 9.99. The van der Waals surface area contributed by atoms with Crippen LogP contribution >= 0.6 is 23.2 Å². The Morgan fingerprint density at radius 3 is 1.87 bits per heavy atom. The number of benzene rings is 4. The number of ether oxygens (including phenoxy) is 1. The molecule has 0 radical (unpaired) electrons. The van der Waals surface area contributed by atoms with E-state index in [4.69, 9.17) is 27.9 Å². The number of ketones is 1. The quantitative estimate of drug-likeness (QED) is 0.150. The maximum atomic E-state index is 13.3. The zero-order valence-electron chi connectivity index (χ0n) is 20.0. The first-order chi connectivity index (χ1) is 18.3. The number of carbonyl (C=O) groups excluding carboxylic acids is 4. The van der Waals surface area contributed by atoms with Crippen LogP contribution in [0.25, 0.3) is 0 Å². The minimum atomic E-state index is -1.19. The Hall–Kier alpha value is -4.26. The van der Waals surface area contributed by atoms with Crippen molar-refractivity contribution in [3.63, 3.8) is 0 Å². The molecular formula is C30H19Cl2NO5. The van der Waals surface area contributed by atoms with Crippen LogP contribution in [0.2, 0.25) is 10.0 Å². The van der Waals surface area contributed by atoms with Gasteiger partial charge in [0.1, 0.15) is 0 Å². The lowest BCUT2D eigenvalue weighted by Gasteiger charge is -2.20. The van der Waals surface area contributed by atoms with Crippen molar-refractivity contribution >= 4 is 52.5 Å². The first-order valence-electron chi connectivity index (χ1n) is 11.6. The van der Waals surface area contributed by atoms with Crippen LogP contribution in [0.5, 0.6) is 0 Å². The van der Waals surface area contributed by atoms with Gasteiger partial charge >= 0.3 is 5.97 Å². The summed E-state index contributed by atoms with van der Waals surface area (Å²) in [6.45, 7) is 1.71. The molecule has 6 nitrogen and oxygen atoms in total. The molecule has 4 aromatic carbocycles. The molecule has 0 bridgehead atoms. The van der Waals surface area contributed by atoms with E-state index in [9.17, 15) is 19.2 Å². The topological polar surface area (TPSA) is 80.8 Å². The van der Waals surface area contributed by atoms with E-state index in [1.807, 2.05) is 0 Å². The Labute approximate surface area is 228 Å². The van der Waals surface area contributed by atoms with Crippen LogP contribution in [0.1, 0.15) is 58.7 Å². The molecule has 0 saturated heterocycles. The normalized spacial score (nSPS) is 13.3. The smallest absolute Gasteiger partial charge is 0.339 e. The fourth-order valence-electron chi connectivity index (χ4n) is 4.26. The number of amides is 2. The Morgan fingerprint density at radius 2 is 1.29 bits per heavy atom. The number of aryl methyl sites for hydroxylation is 1. The van der Waals surface area contributed by atoms with Crippen molar-refractivity contribution in [3.05, 3.63) is 134 Å². The fraction of sp³-hybridized carbons (Fsp3) is 0.0667. The van der Waals surface area contributed by atoms with Crippen LogP contribution in [-0.2, 0) is 4.74 Å². The molecule has 5 rings (SSSR count). The summed E-state index contributed by atoms with van der Waals surface area (Å²) in [6, 6.07) is 24.5. The monoisotopic (exact) mass is 543 g/mol. The molecule has 0 saturated carbocycles. The molecule has 0 aromatic heterocycles. The molecular weight excluding hydrogens is 525 g/mol. The fourth-order valence-corrected chi connectivity index (χ4v) is 4.59. The number of nitrogens with zero attached hydrogens (tertiary/aromatic N) is 1. The molecule has 0 unspecified atom stereocenters. The van der Waals surface area contributed by atoms with Crippen LogP contribution in [0.3, 0.4) is 0 Å². The zero-order chi connectivity index (χ0) is 27.0. The molecule has 1 aliphatic rings. The predicted molar refractivity (Wildman–Crippen MR) is 144 cm³/mol. The van der Waals surface area contributed by atoms with Gasteiger partial charge in [0.25, 0.3) is 11.8 Å². The van der Waals surface area contributed by atoms with Gasteiger partial charge < -0.3 is 4.74 Å². The molecule has 2 amide bonds. The second-order valence-corrected chi connectivity index (χ2v) is 9.50. The number of fused-ring (bicyclic) bond motifs is 1. The summed E-state index contributed by atoms with van der Waals surface area (Å²) in [7, 11) is 0. The Kier molecular flexibility index (Phi) is 6.85. The van der Waals surface area contributed by atoms with Crippen molar-refractivity contribution in [2.24, 2.45) is 0 Å². The molecule has 188 valence electrons. The number of Topliss-reactive ketones (excluding diaryl/α,β-unsaturated/α-hetero) is 1. The van der Waals surface area contributed by atoms with Gasteiger partial charge in [-0.05, 0) is 36.8 Å². The lowest BCUT2D eigenvalue weighted by molar-refractivity contribution is 0.0280. The van der Waals surface area contributed by atoms with E-state index in [1.165, 1.54) is 24.3 Å². The van der Waals surface area contributed by atoms with Crippen LogP contribution < -0.4 is 4.90 Å². The minimum absolute atomic E-state index is 0.0695. The molecule has 1 atom stereocenters. The molecule has 38 heavy (non-hydrogen) atoms. The number of carbonyl (C=O) groups is 4. The minimum Gasteiger partial charge on any atom is -0.445 e. The summed E-state index contributed by atoms with van der Waals surface area (Å²) in [5.41, 5.74) is 2.00. The lowest BCUT2D eigenvalue weighted by Crippen LogP contribution is -2.30. The summed E-state index contributed by atoms with van der Waals surface area (Å²) < 4.78 is 5.73. The van der Waals surface area contributed by atoms with Crippen LogP contribution in [-0.4, -0.2) is 23.6 Å². The summed E-state index contributed by atoms with van der Waals surface area (Å²) in [5, 5.41) is 0.301. The van der Waals surface area contributed by atoms with E-state index in [0.717, 1.165) is 4.90 Å². The van der Waals surface area contributed by atoms with Crippen molar-refractivity contribution in [2.75, 3.05) is 4.90 Å². The molecule has 1 heterocycles. The second-order valence-electron chi connectivity index (χ2n) is 8.69. The summed E-state index contributed by atoms with van der Waals surface area (Å²) in [6.07, 6.45) is -1.19. The maximum absolute atomic E-state index is 13.3. The van der Waals surface area contributed by atoms with Crippen molar-refractivity contribution in [1.82, 2.24) is 0 Å². The van der Waals surface area contributed by atoms with Gasteiger partial charge in [0.2, 0.25) is 5.78 Å². The van der Waals surface area contributed by atoms with E-state index < -0.39 is 23.9 Å². The van der Waals surface area contributed by atoms with Gasteiger partial charge in [-0.2, -0.15) is 0 Å². The Balaban J connectivity index is 1.48. The standard InChI is InChI=1S/C30H19Cl2NO5/c1-17-12-13-20(14-25(17)33-28(35)21-15-23(31)24(32)16-22(21)29(33)36)30(37)38-27(19-10-6-3-7-11-19)26(34)18-8-4-2-5-9-18/h2-16,27H,1H3/t27-/m0/s1. The van der Waals surface area contributed by atoms with Crippen LogP contribution in [0.4, 0.5) is 5.69 Å². The predicted octanol–water partition coefficient (Wildman–Crippen LogP) is 6.88. The Bertz CT molecular complexity index is 1560. The molecule has 0 N–H and O–H groups in total. The number of hydrogen-bond donors (Lipinski definition) is 0. The average Bonchev–Trinajstić information content (AvgIpc) is 3.16. The largest absolute Gasteiger partial charge is 0.445 e. The van der Waals surface area contributed by atoms with Crippen molar-refractivity contribution in [3.8, 4) is 0 Å². The molecule has 8 heteroatoms. The highest BCUT2D eigenvalue weighted by Gasteiger charge is 2.38. The van der Waals surface area contributed by atoms with E-state index in [-0.39, 0.29) is 38.2 Å². The summed E-state index contributed by atoms with van der Waals surface area (Å²) in [5.74, 6) is -2.34. The van der Waals surface area contributed by atoms with Crippen molar-refractivity contribution in [1.29, 1.82) is 0 Å². The van der Waals surface area contributed by atoms with Crippen molar-refractivity contribution < 1.29 is 23.9 Å². The highest BCUT2D eigenvalue weighted by atomic mass is 35.5. The van der Waals surface area contributed by atoms with E-state index >= 15 is 0 Å². The Morgan fingerprint density at radius 1 is 0.737 bits per heavy atom. The SMILES string of the molecule is Cc1ccc(C(=O)O[C@H](C(=O)c2ccccc2)c2ccccc2)cc1N1C(=O)c2cc(Cl)c(Cl)cc2C1=O.